The molecule has 1 fully saturated rings. The summed E-state index contributed by atoms with van der Waals surface area (Å²) in [5, 5.41) is 0. The van der Waals surface area contributed by atoms with Crippen molar-refractivity contribution in [1.82, 2.24) is 14.3 Å². The van der Waals surface area contributed by atoms with Crippen molar-refractivity contribution in [2.24, 2.45) is 0 Å². The van der Waals surface area contributed by atoms with E-state index in [1.807, 2.05) is 0 Å². The van der Waals surface area contributed by atoms with Crippen molar-refractivity contribution in [3.63, 3.8) is 0 Å². The molecule has 23 heavy (non-hydrogen) atoms. The maximum atomic E-state index is 11.9. The highest BCUT2D eigenvalue weighted by Gasteiger charge is 2.48. The number of nitrogens with zero attached hydrogens (tertiary/aromatic N) is 1. The van der Waals surface area contributed by atoms with Crippen molar-refractivity contribution in [2.75, 3.05) is 27.0 Å². The number of aromatic amines is 1. The van der Waals surface area contributed by atoms with E-state index >= 15 is 0 Å². The van der Waals surface area contributed by atoms with Gasteiger partial charge in [0, 0.05) is 26.5 Å². The molecule has 0 spiro atoms. The van der Waals surface area contributed by atoms with E-state index in [0.29, 0.717) is 0 Å². The van der Waals surface area contributed by atoms with E-state index in [9.17, 15) is 18.0 Å². The summed E-state index contributed by atoms with van der Waals surface area (Å²) in [6.45, 7) is 0. The van der Waals surface area contributed by atoms with Crippen LogP contribution in [-0.2, 0) is 24.2 Å². The first-order chi connectivity index (χ1) is 10.8. The van der Waals surface area contributed by atoms with Gasteiger partial charge in [0.2, 0.25) is 10.0 Å². The second-order valence-corrected chi connectivity index (χ2v) is 6.94. The highest BCUT2D eigenvalue weighted by atomic mass is 32.2. The summed E-state index contributed by atoms with van der Waals surface area (Å²) in [6, 6.07) is 1.16. The fourth-order valence-corrected chi connectivity index (χ4v) is 3.40. The SMILES string of the molecule is CNS(=O)(=O)C[C@H]1O[C@@H](n2ccc(=O)[nH]c2=O)[C@H](OC)[C@@H]1OC. The van der Waals surface area contributed by atoms with Gasteiger partial charge in [-0.1, -0.05) is 0 Å². The highest BCUT2D eigenvalue weighted by Crippen LogP contribution is 2.32. The smallest absolute Gasteiger partial charge is 0.330 e. The third-order valence-electron chi connectivity index (χ3n) is 3.65. The van der Waals surface area contributed by atoms with E-state index in [1.54, 1.807) is 0 Å². The maximum absolute atomic E-state index is 11.9. The Morgan fingerprint density at radius 3 is 2.48 bits per heavy atom. The molecule has 1 aromatic rings. The second kappa shape index (κ2) is 6.93. The van der Waals surface area contributed by atoms with Crippen molar-refractivity contribution in [2.45, 2.75) is 24.5 Å². The molecule has 0 saturated carbocycles. The van der Waals surface area contributed by atoms with Crippen LogP contribution in [0.1, 0.15) is 6.23 Å². The number of ether oxygens (including phenoxy) is 3. The molecule has 1 aliphatic rings. The monoisotopic (exact) mass is 349 g/mol. The number of nitrogens with one attached hydrogen (secondary N) is 2. The van der Waals surface area contributed by atoms with Crippen molar-refractivity contribution < 1.29 is 22.6 Å². The molecule has 0 unspecified atom stereocenters. The number of aromatic nitrogens is 2. The molecule has 4 atom stereocenters. The normalized spacial score (nSPS) is 28.1. The molecule has 0 aromatic carbocycles. The molecule has 11 heteroatoms. The van der Waals surface area contributed by atoms with Gasteiger partial charge in [-0.15, -0.1) is 0 Å². The van der Waals surface area contributed by atoms with E-state index in [0.717, 1.165) is 10.6 Å². The fourth-order valence-electron chi connectivity index (χ4n) is 2.53. The lowest BCUT2D eigenvalue weighted by Gasteiger charge is -2.22. The Labute approximate surface area is 132 Å². The lowest BCUT2D eigenvalue weighted by Crippen LogP contribution is -2.41. The van der Waals surface area contributed by atoms with Crippen molar-refractivity contribution in [3.05, 3.63) is 33.1 Å². The molecule has 1 saturated heterocycles. The van der Waals surface area contributed by atoms with Gasteiger partial charge in [0.15, 0.2) is 6.23 Å². The van der Waals surface area contributed by atoms with Crippen molar-refractivity contribution in [1.29, 1.82) is 0 Å². The average Bonchev–Trinajstić information content (AvgIpc) is 2.83. The van der Waals surface area contributed by atoms with Crippen LogP contribution in [0.3, 0.4) is 0 Å². The summed E-state index contributed by atoms with van der Waals surface area (Å²) in [6.07, 6.45) is -1.93. The molecule has 2 N–H and O–H groups in total. The Balaban J connectivity index is 2.37. The summed E-state index contributed by atoms with van der Waals surface area (Å²) >= 11 is 0. The zero-order chi connectivity index (χ0) is 17.2. The Kier molecular flexibility index (Phi) is 5.37. The number of hydrogen-bond donors (Lipinski definition) is 2. The molecule has 0 radical (unpaired) electrons. The van der Waals surface area contributed by atoms with Crippen molar-refractivity contribution in [3.8, 4) is 0 Å². The predicted molar refractivity (Wildman–Crippen MR) is 79.7 cm³/mol. The van der Waals surface area contributed by atoms with Gasteiger partial charge < -0.3 is 14.2 Å². The largest absolute Gasteiger partial charge is 0.376 e. The van der Waals surface area contributed by atoms with Gasteiger partial charge >= 0.3 is 5.69 Å². The molecule has 1 aromatic heterocycles. The van der Waals surface area contributed by atoms with Gasteiger partial charge in [-0.05, 0) is 7.05 Å². The van der Waals surface area contributed by atoms with Gasteiger partial charge in [0.05, 0.1) is 5.75 Å². The van der Waals surface area contributed by atoms with E-state index in [4.69, 9.17) is 14.2 Å². The lowest BCUT2D eigenvalue weighted by atomic mass is 10.1. The van der Waals surface area contributed by atoms with Gasteiger partial charge in [-0.3, -0.25) is 14.3 Å². The van der Waals surface area contributed by atoms with Crippen LogP contribution in [0.25, 0.3) is 0 Å². The van der Waals surface area contributed by atoms with Crippen LogP contribution < -0.4 is 16.0 Å². The third-order valence-corrected chi connectivity index (χ3v) is 5.04. The van der Waals surface area contributed by atoms with E-state index in [2.05, 4.69) is 9.71 Å². The second-order valence-electron chi connectivity index (χ2n) is 4.97. The fraction of sp³-hybridized carbons (Fsp3) is 0.667. The van der Waals surface area contributed by atoms with E-state index in [1.165, 1.54) is 27.5 Å². The van der Waals surface area contributed by atoms with Gasteiger partial charge in [-0.25, -0.2) is 17.9 Å². The predicted octanol–water partition coefficient (Wildman–Crippen LogP) is -1.99. The van der Waals surface area contributed by atoms with Crippen LogP contribution in [0.4, 0.5) is 0 Å². The standard InChI is InChI=1S/C12H19N3O7S/c1-13-23(18,19)6-7-9(20-2)10(21-3)11(22-7)15-5-4-8(16)14-12(15)17/h4-5,7,9-11,13H,6H2,1-3H3,(H,14,16,17)/t7-,9-,10-,11-/m1/s1. The Morgan fingerprint density at radius 1 is 1.30 bits per heavy atom. The molecule has 0 amide bonds. The number of sulfonamides is 1. The van der Waals surface area contributed by atoms with E-state index < -0.39 is 45.8 Å². The molecule has 10 nitrogen and oxygen atoms in total. The molecular formula is C12H19N3O7S. The van der Waals surface area contributed by atoms with Gasteiger partial charge in [0.1, 0.15) is 18.3 Å². The number of H-pyrrole nitrogens is 1. The Morgan fingerprint density at radius 2 is 1.96 bits per heavy atom. The minimum atomic E-state index is -3.56. The number of hydrogen-bond acceptors (Lipinski definition) is 7. The minimum absolute atomic E-state index is 0.351. The number of rotatable bonds is 6. The molecule has 2 heterocycles. The number of methoxy groups -OCH3 is 2. The Bertz CT molecular complexity index is 756. The summed E-state index contributed by atoms with van der Waals surface area (Å²) < 4.78 is 43.2. The third kappa shape index (κ3) is 3.70. The van der Waals surface area contributed by atoms with Crippen LogP contribution in [-0.4, -0.2) is 63.3 Å². The summed E-state index contributed by atoms with van der Waals surface area (Å²) in [7, 11) is 0.541. The maximum Gasteiger partial charge on any atom is 0.330 e. The highest BCUT2D eigenvalue weighted by molar-refractivity contribution is 7.89. The Hall–Kier alpha value is -1.53. The first-order valence-electron chi connectivity index (χ1n) is 6.76. The molecule has 2 rings (SSSR count). The van der Waals surface area contributed by atoms with Crippen LogP contribution >= 0.6 is 0 Å². The van der Waals surface area contributed by atoms with Crippen molar-refractivity contribution >= 4 is 10.0 Å². The van der Waals surface area contributed by atoms with Gasteiger partial charge in [0.25, 0.3) is 5.56 Å². The minimum Gasteiger partial charge on any atom is -0.376 e. The van der Waals surface area contributed by atoms with Crippen LogP contribution in [0.2, 0.25) is 0 Å². The molecular weight excluding hydrogens is 330 g/mol. The quantitative estimate of drug-likeness (QED) is 0.608. The lowest BCUT2D eigenvalue weighted by molar-refractivity contribution is -0.0544. The van der Waals surface area contributed by atoms with Crippen LogP contribution in [0.5, 0.6) is 0 Å². The summed E-state index contributed by atoms with van der Waals surface area (Å²) in [5.41, 5.74) is -1.23. The average molecular weight is 349 g/mol. The zero-order valence-corrected chi connectivity index (χ0v) is 13.7. The molecule has 0 bridgehead atoms. The topological polar surface area (TPSA) is 129 Å². The molecule has 1 aliphatic heterocycles. The summed E-state index contributed by atoms with van der Waals surface area (Å²) in [5.74, 6) is -0.351. The first kappa shape index (κ1) is 17.8. The van der Waals surface area contributed by atoms with Crippen LogP contribution in [0.15, 0.2) is 21.9 Å². The van der Waals surface area contributed by atoms with Crippen LogP contribution in [0, 0.1) is 0 Å². The molecule has 130 valence electrons. The summed E-state index contributed by atoms with van der Waals surface area (Å²) in [4.78, 5) is 25.2. The van der Waals surface area contributed by atoms with Gasteiger partial charge in [-0.2, -0.15) is 0 Å². The van der Waals surface area contributed by atoms with E-state index in [-0.39, 0.29) is 5.75 Å². The first-order valence-corrected chi connectivity index (χ1v) is 8.42. The zero-order valence-electron chi connectivity index (χ0n) is 12.9. The molecule has 0 aliphatic carbocycles.